The maximum Gasteiger partial charge on any atom is 0.214 e. The molecule has 14 heavy (non-hydrogen) atoms. The van der Waals surface area contributed by atoms with E-state index >= 15 is 0 Å². The lowest BCUT2D eigenvalue weighted by Gasteiger charge is -2.35. The standard InChI is InChI=1S/C7H15NO5S/c9-4-7(5-10,6-11)8-2-1-3-14(8,12)13/h9-11H,1-6H2. The van der Waals surface area contributed by atoms with Crippen molar-refractivity contribution in [2.24, 2.45) is 0 Å². The van der Waals surface area contributed by atoms with Crippen molar-refractivity contribution >= 4 is 10.0 Å². The zero-order chi connectivity index (χ0) is 10.8. The summed E-state index contributed by atoms with van der Waals surface area (Å²) in [5.74, 6) is 0.00868. The van der Waals surface area contributed by atoms with Crippen molar-refractivity contribution in [3.63, 3.8) is 0 Å². The second-order valence-corrected chi connectivity index (χ2v) is 5.45. The second kappa shape index (κ2) is 4.11. The highest BCUT2D eigenvalue weighted by atomic mass is 32.2. The van der Waals surface area contributed by atoms with E-state index in [0.29, 0.717) is 6.42 Å². The molecule has 1 heterocycles. The minimum absolute atomic E-state index is 0.00868. The highest BCUT2D eigenvalue weighted by molar-refractivity contribution is 7.89. The lowest BCUT2D eigenvalue weighted by Crippen LogP contribution is -2.57. The molecule has 6 nitrogen and oxygen atoms in total. The van der Waals surface area contributed by atoms with Gasteiger partial charge in [0.05, 0.1) is 25.6 Å². The van der Waals surface area contributed by atoms with Crippen molar-refractivity contribution in [3.8, 4) is 0 Å². The maximum atomic E-state index is 11.5. The van der Waals surface area contributed by atoms with Crippen LogP contribution in [-0.4, -0.2) is 65.7 Å². The lowest BCUT2D eigenvalue weighted by molar-refractivity contribution is -0.00273. The first-order valence-corrected chi connectivity index (χ1v) is 5.96. The molecule has 0 spiro atoms. The Morgan fingerprint density at radius 2 is 1.64 bits per heavy atom. The molecule has 1 aliphatic rings. The van der Waals surface area contributed by atoms with Crippen LogP contribution in [0.25, 0.3) is 0 Å². The molecule has 1 rings (SSSR count). The van der Waals surface area contributed by atoms with E-state index in [1.54, 1.807) is 0 Å². The third-order valence-electron chi connectivity index (χ3n) is 2.51. The monoisotopic (exact) mass is 225 g/mol. The van der Waals surface area contributed by atoms with Crippen molar-refractivity contribution in [1.82, 2.24) is 4.31 Å². The first-order valence-electron chi connectivity index (χ1n) is 4.35. The summed E-state index contributed by atoms with van der Waals surface area (Å²) in [5, 5.41) is 27.1. The highest BCUT2D eigenvalue weighted by Gasteiger charge is 2.45. The molecule has 0 aromatic heterocycles. The van der Waals surface area contributed by atoms with E-state index in [4.69, 9.17) is 15.3 Å². The van der Waals surface area contributed by atoms with Gasteiger partial charge >= 0.3 is 0 Å². The summed E-state index contributed by atoms with van der Waals surface area (Å²) in [6.07, 6.45) is 0.462. The van der Waals surface area contributed by atoms with Gasteiger partial charge in [-0.25, -0.2) is 8.42 Å². The summed E-state index contributed by atoms with van der Waals surface area (Å²) < 4.78 is 24.0. The normalized spacial score (nSPS) is 22.8. The van der Waals surface area contributed by atoms with Crippen LogP contribution in [-0.2, 0) is 10.0 Å². The smallest absolute Gasteiger partial charge is 0.214 e. The molecule has 0 aromatic rings. The van der Waals surface area contributed by atoms with Crippen LogP contribution in [0.3, 0.4) is 0 Å². The summed E-state index contributed by atoms with van der Waals surface area (Å²) in [6, 6.07) is 0. The number of nitrogens with zero attached hydrogens (tertiary/aromatic N) is 1. The Hall–Kier alpha value is -0.210. The van der Waals surface area contributed by atoms with Gasteiger partial charge in [-0.2, -0.15) is 4.31 Å². The van der Waals surface area contributed by atoms with Crippen LogP contribution in [0.5, 0.6) is 0 Å². The van der Waals surface area contributed by atoms with Crippen molar-refractivity contribution < 1.29 is 23.7 Å². The van der Waals surface area contributed by atoms with Gasteiger partial charge in [-0.1, -0.05) is 0 Å². The van der Waals surface area contributed by atoms with Gasteiger partial charge in [-0.05, 0) is 6.42 Å². The van der Waals surface area contributed by atoms with Crippen LogP contribution < -0.4 is 0 Å². The quantitative estimate of drug-likeness (QED) is 0.501. The summed E-state index contributed by atoms with van der Waals surface area (Å²) in [6.45, 7) is -1.51. The summed E-state index contributed by atoms with van der Waals surface area (Å²) in [7, 11) is -3.43. The fourth-order valence-corrected chi connectivity index (χ4v) is 3.44. The number of aliphatic hydroxyl groups is 3. The van der Waals surface area contributed by atoms with Crippen molar-refractivity contribution in [3.05, 3.63) is 0 Å². The first kappa shape index (κ1) is 11.9. The zero-order valence-corrected chi connectivity index (χ0v) is 8.57. The van der Waals surface area contributed by atoms with Crippen LogP contribution in [0, 0.1) is 0 Å². The molecule has 0 aliphatic carbocycles. The number of hydrogen-bond acceptors (Lipinski definition) is 5. The van der Waals surface area contributed by atoms with Crippen molar-refractivity contribution in [2.75, 3.05) is 32.1 Å². The van der Waals surface area contributed by atoms with Crippen LogP contribution in [0.15, 0.2) is 0 Å². The first-order chi connectivity index (χ1) is 6.52. The molecular weight excluding hydrogens is 210 g/mol. The van der Waals surface area contributed by atoms with E-state index in [9.17, 15) is 8.42 Å². The molecule has 1 aliphatic heterocycles. The maximum absolute atomic E-state index is 11.5. The average molecular weight is 225 g/mol. The van der Waals surface area contributed by atoms with Crippen LogP contribution in [0.1, 0.15) is 6.42 Å². The van der Waals surface area contributed by atoms with Gasteiger partial charge < -0.3 is 15.3 Å². The Morgan fingerprint density at radius 1 is 1.14 bits per heavy atom. The summed E-state index contributed by atoms with van der Waals surface area (Å²) in [5.41, 5.74) is -1.45. The van der Waals surface area contributed by atoms with Gasteiger partial charge in [0, 0.05) is 6.54 Å². The molecule has 84 valence electrons. The van der Waals surface area contributed by atoms with Gasteiger partial charge in [0.2, 0.25) is 10.0 Å². The molecule has 0 aromatic carbocycles. The third kappa shape index (κ3) is 1.78. The van der Waals surface area contributed by atoms with Gasteiger partial charge in [0.25, 0.3) is 0 Å². The molecule has 7 heteroatoms. The summed E-state index contributed by atoms with van der Waals surface area (Å²) in [4.78, 5) is 0. The highest BCUT2D eigenvalue weighted by Crippen LogP contribution is 2.24. The van der Waals surface area contributed by atoms with Crippen molar-refractivity contribution in [1.29, 1.82) is 0 Å². The molecule has 0 radical (unpaired) electrons. The summed E-state index contributed by atoms with van der Waals surface area (Å²) >= 11 is 0. The van der Waals surface area contributed by atoms with E-state index in [0.717, 1.165) is 4.31 Å². The van der Waals surface area contributed by atoms with Crippen LogP contribution >= 0.6 is 0 Å². The van der Waals surface area contributed by atoms with Crippen molar-refractivity contribution in [2.45, 2.75) is 12.0 Å². The fourth-order valence-electron chi connectivity index (χ4n) is 1.56. The molecule has 0 atom stereocenters. The minimum Gasteiger partial charge on any atom is -0.394 e. The van der Waals surface area contributed by atoms with Gasteiger partial charge in [0.15, 0.2) is 0 Å². The largest absolute Gasteiger partial charge is 0.394 e. The zero-order valence-electron chi connectivity index (χ0n) is 7.76. The number of aliphatic hydroxyl groups excluding tert-OH is 3. The van der Waals surface area contributed by atoms with E-state index in [-0.39, 0.29) is 12.3 Å². The van der Waals surface area contributed by atoms with Crippen LogP contribution in [0.4, 0.5) is 0 Å². The Bertz CT molecular complexity index is 276. The van der Waals surface area contributed by atoms with Gasteiger partial charge in [-0.3, -0.25) is 0 Å². The molecule has 0 saturated carbocycles. The molecular formula is C7H15NO5S. The average Bonchev–Trinajstić information content (AvgIpc) is 2.51. The van der Waals surface area contributed by atoms with Gasteiger partial charge in [0.1, 0.15) is 5.54 Å². The molecule has 0 unspecified atom stereocenters. The molecule has 1 fully saturated rings. The lowest BCUT2D eigenvalue weighted by atomic mass is 10.0. The Labute approximate surface area is 82.8 Å². The third-order valence-corrected chi connectivity index (χ3v) is 4.56. The number of sulfonamides is 1. The Morgan fingerprint density at radius 3 is 1.93 bits per heavy atom. The topological polar surface area (TPSA) is 98.1 Å². The van der Waals surface area contributed by atoms with Gasteiger partial charge in [-0.15, -0.1) is 0 Å². The van der Waals surface area contributed by atoms with Crippen LogP contribution in [0.2, 0.25) is 0 Å². The minimum atomic E-state index is -3.43. The predicted molar refractivity (Wildman–Crippen MR) is 49.1 cm³/mol. The second-order valence-electron chi connectivity index (χ2n) is 3.44. The molecule has 3 N–H and O–H groups in total. The van der Waals surface area contributed by atoms with E-state index in [1.807, 2.05) is 0 Å². The number of rotatable bonds is 4. The predicted octanol–water partition coefficient (Wildman–Crippen LogP) is -2.26. The van der Waals surface area contributed by atoms with E-state index in [1.165, 1.54) is 0 Å². The number of hydrogen-bond donors (Lipinski definition) is 3. The fraction of sp³-hybridized carbons (Fsp3) is 1.00. The SMILES string of the molecule is O=S1(=O)CCCN1C(CO)(CO)CO. The molecule has 1 saturated heterocycles. The molecule has 0 amide bonds. The van der Waals surface area contributed by atoms with E-state index in [2.05, 4.69) is 0 Å². The Balaban J connectivity index is 3.00. The van der Waals surface area contributed by atoms with E-state index < -0.39 is 35.4 Å². The Kier molecular flexibility index (Phi) is 3.49. The molecule has 0 bridgehead atoms.